The molecule has 2 fully saturated rings. The minimum absolute atomic E-state index is 0.0714. The van der Waals surface area contributed by atoms with Crippen LogP contribution in [0.2, 0.25) is 0 Å². The second kappa shape index (κ2) is 10.3. The van der Waals surface area contributed by atoms with E-state index in [1.54, 1.807) is 10.8 Å². The van der Waals surface area contributed by atoms with E-state index >= 15 is 0 Å². The molecule has 6 nitrogen and oxygen atoms in total. The fourth-order valence-electron chi connectivity index (χ4n) is 6.80. The first kappa shape index (κ1) is 26.3. The molecule has 2 aromatic rings. The molecule has 0 aliphatic heterocycles. The number of carbonyl (C=O) groups is 1. The third-order valence-electron chi connectivity index (χ3n) is 9.04. The number of hydrogen-bond donors (Lipinski definition) is 2. The normalized spacial score (nSPS) is 28.0. The Balaban J connectivity index is 1.32. The number of aromatic nitrogens is 3. The number of hydrogen-bond acceptors (Lipinski definition) is 4. The van der Waals surface area contributed by atoms with Crippen LogP contribution >= 0.6 is 0 Å². The maximum atomic E-state index is 12.6. The molecule has 1 aromatic heterocycles. The summed E-state index contributed by atoms with van der Waals surface area (Å²) in [6.45, 7) is 15.8. The lowest BCUT2D eigenvalue weighted by molar-refractivity contribution is -0.124. The van der Waals surface area contributed by atoms with Crippen molar-refractivity contribution in [3.05, 3.63) is 65.5 Å². The zero-order valence-electron chi connectivity index (χ0n) is 22.6. The Morgan fingerprint density at radius 1 is 1.25 bits per heavy atom. The smallest absolute Gasteiger partial charge is 0.244 e. The summed E-state index contributed by atoms with van der Waals surface area (Å²) >= 11 is 0. The first-order valence-corrected chi connectivity index (χ1v) is 13.3. The summed E-state index contributed by atoms with van der Waals surface area (Å²) < 4.78 is 1.72. The highest BCUT2D eigenvalue weighted by Gasteiger charge is 2.55. The summed E-state index contributed by atoms with van der Waals surface area (Å²) in [4.78, 5) is 12.6. The highest BCUT2D eigenvalue weighted by atomic mass is 16.3. The number of aliphatic hydroxyl groups excluding tert-OH is 1. The zero-order valence-corrected chi connectivity index (χ0v) is 22.6. The Bertz CT molecular complexity index is 1130. The van der Waals surface area contributed by atoms with Gasteiger partial charge in [-0.3, -0.25) is 4.79 Å². The van der Waals surface area contributed by atoms with E-state index in [4.69, 9.17) is 0 Å². The van der Waals surface area contributed by atoms with Crippen LogP contribution in [0.25, 0.3) is 5.69 Å². The number of benzene rings is 1. The van der Waals surface area contributed by atoms with Crippen LogP contribution in [0, 0.1) is 29.6 Å². The molecule has 1 aromatic carbocycles. The summed E-state index contributed by atoms with van der Waals surface area (Å²) in [5, 5.41) is 22.0. The van der Waals surface area contributed by atoms with Gasteiger partial charge in [0.15, 0.2) is 0 Å². The van der Waals surface area contributed by atoms with Crippen molar-refractivity contribution in [3.63, 3.8) is 0 Å². The van der Waals surface area contributed by atoms with Gasteiger partial charge in [0.05, 0.1) is 24.5 Å². The van der Waals surface area contributed by atoms with Gasteiger partial charge in [0.2, 0.25) is 5.91 Å². The summed E-state index contributed by atoms with van der Waals surface area (Å²) in [6, 6.07) is 8.07. The quantitative estimate of drug-likeness (QED) is 0.386. The number of allylic oxidation sites excluding steroid dienone is 2. The van der Waals surface area contributed by atoms with Crippen molar-refractivity contribution >= 4 is 5.91 Å². The molecule has 0 saturated heterocycles. The van der Waals surface area contributed by atoms with Crippen LogP contribution in [0.3, 0.4) is 0 Å². The van der Waals surface area contributed by atoms with E-state index in [0.717, 1.165) is 55.5 Å². The lowest BCUT2D eigenvalue weighted by atomic mass is 9.46. The van der Waals surface area contributed by atoms with Crippen LogP contribution in [0.5, 0.6) is 0 Å². The monoisotopic (exact) mass is 490 g/mol. The molecule has 2 N–H and O–H groups in total. The van der Waals surface area contributed by atoms with Crippen molar-refractivity contribution in [1.29, 1.82) is 0 Å². The molecule has 0 radical (unpaired) electrons. The minimum atomic E-state index is -0.230. The van der Waals surface area contributed by atoms with Gasteiger partial charge in [0.1, 0.15) is 5.69 Å². The zero-order chi connectivity index (χ0) is 26.1. The minimum Gasteiger partial charge on any atom is -0.393 e. The van der Waals surface area contributed by atoms with Gasteiger partial charge in [-0.25, -0.2) is 4.68 Å². The average molecular weight is 491 g/mol. The van der Waals surface area contributed by atoms with E-state index in [-0.39, 0.29) is 22.8 Å². The summed E-state index contributed by atoms with van der Waals surface area (Å²) in [5.41, 5.74) is 5.35. The van der Waals surface area contributed by atoms with E-state index in [1.165, 1.54) is 11.1 Å². The van der Waals surface area contributed by atoms with Crippen LogP contribution < -0.4 is 5.32 Å². The number of fused-ring (bicyclic) bond motifs is 1. The van der Waals surface area contributed by atoms with E-state index in [0.29, 0.717) is 18.4 Å². The van der Waals surface area contributed by atoms with Crippen molar-refractivity contribution in [2.45, 2.75) is 85.8 Å². The molecule has 4 rings (SSSR count). The molecular formula is C30H42N4O2. The van der Waals surface area contributed by atoms with E-state index < -0.39 is 0 Å². The lowest BCUT2D eigenvalue weighted by Crippen LogP contribution is -2.54. The average Bonchev–Trinajstić information content (AvgIpc) is 3.29. The fraction of sp³-hybridized carbons (Fsp3) is 0.567. The Hall–Kier alpha value is -2.73. The van der Waals surface area contributed by atoms with Crippen molar-refractivity contribution in [1.82, 2.24) is 20.3 Å². The van der Waals surface area contributed by atoms with Crippen LogP contribution in [0.1, 0.15) is 77.5 Å². The Kier molecular flexibility index (Phi) is 7.56. The predicted octanol–water partition coefficient (Wildman–Crippen LogP) is 5.69. The SMILES string of the molecule is C=C1CC[C@@H]2C(C)(C)[C@H](O)CC[C@@]2(C)[C@@H]1CC/C(C)=C/C(=O)NCc1cn(-c2ccc(C)cc2)nn1. The summed E-state index contributed by atoms with van der Waals surface area (Å²) in [5.74, 6) is 0.808. The summed E-state index contributed by atoms with van der Waals surface area (Å²) in [7, 11) is 0. The molecule has 0 spiro atoms. The maximum absolute atomic E-state index is 12.6. The topological polar surface area (TPSA) is 80.0 Å². The van der Waals surface area contributed by atoms with Gasteiger partial charge in [0, 0.05) is 6.08 Å². The van der Waals surface area contributed by atoms with Gasteiger partial charge in [-0.1, -0.05) is 61.4 Å². The number of nitrogens with zero attached hydrogens (tertiary/aromatic N) is 3. The number of nitrogens with one attached hydrogen (secondary N) is 1. The molecule has 6 heteroatoms. The number of aliphatic hydroxyl groups is 1. The Morgan fingerprint density at radius 2 is 1.97 bits per heavy atom. The highest BCUT2D eigenvalue weighted by molar-refractivity contribution is 5.88. The molecule has 2 aliphatic rings. The van der Waals surface area contributed by atoms with Gasteiger partial charge >= 0.3 is 0 Å². The molecule has 4 atom stereocenters. The second-order valence-electron chi connectivity index (χ2n) is 11.9. The van der Waals surface area contributed by atoms with Crippen LogP contribution in [0.15, 0.2) is 54.3 Å². The molecule has 194 valence electrons. The Labute approximate surface area is 215 Å². The molecule has 2 saturated carbocycles. The lowest BCUT2D eigenvalue weighted by Gasteiger charge is -2.59. The molecule has 1 heterocycles. The molecule has 1 amide bonds. The van der Waals surface area contributed by atoms with Crippen LogP contribution in [-0.2, 0) is 11.3 Å². The largest absolute Gasteiger partial charge is 0.393 e. The number of aryl methyl sites for hydroxylation is 1. The predicted molar refractivity (Wildman–Crippen MR) is 143 cm³/mol. The third-order valence-corrected chi connectivity index (χ3v) is 9.04. The van der Waals surface area contributed by atoms with E-state index in [2.05, 4.69) is 43.0 Å². The molecule has 0 unspecified atom stereocenters. The Morgan fingerprint density at radius 3 is 2.69 bits per heavy atom. The number of carbonyl (C=O) groups excluding carboxylic acids is 1. The van der Waals surface area contributed by atoms with Crippen LogP contribution in [0.4, 0.5) is 0 Å². The van der Waals surface area contributed by atoms with Gasteiger partial charge in [-0.15, -0.1) is 5.10 Å². The number of rotatable bonds is 7. The maximum Gasteiger partial charge on any atom is 0.244 e. The molecule has 36 heavy (non-hydrogen) atoms. The molecule has 0 bridgehead atoms. The standard InChI is InChI=1S/C30H42N4O2/c1-20-7-11-24(12-8-20)34-19-23(32-33-34)18-31-28(36)17-21(2)9-13-25-22(3)10-14-26-29(4,5)27(35)15-16-30(25,26)6/h7-8,11-12,17,19,25-27,35H,3,9-10,13-16,18H2,1-2,4-6H3,(H,31,36)/b21-17+/t25-,26-,27-,30+/m1/s1. The highest BCUT2D eigenvalue weighted by Crippen LogP contribution is 2.61. The van der Waals surface area contributed by atoms with Gasteiger partial charge in [-0.05, 0) is 87.2 Å². The third kappa shape index (κ3) is 5.34. The van der Waals surface area contributed by atoms with Crippen LogP contribution in [-0.4, -0.2) is 32.1 Å². The van der Waals surface area contributed by atoms with Crippen molar-refractivity contribution in [2.24, 2.45) is 22.7 Å². The van der Waals surface area contributed by atoms with Gasteiger partial charge < -0.3 is 10.4 Å². The van der Waals surface area contributed by atoms with Gasteiger partial charge in [-0.2, -0.15) is 0 Å². The molecular weight excluding hydrogens is 448 g/mol. The van der Waals surface area contributed by atoms with Gasteiger partial charge in [0.25, 0.3) is 0 Å². The van der Waals surface area contributed by atoms with Crippen molar-refractivity contribution in [2.75, 3.05) is 0 Å². The van der Waals surface area contributed by atoms with E-state index in [1.807, 2.05) is 44.3 Å². The van der Waals surface area contributed by atoms with E-state index in [9.17, 15) is 9.90 Å². The second-order valence-corrected chi connectivity index (χ2v) is 11.9. The van der Waals surface area contributed by atoms with Crippen molar-refractivity contribution in [3.8, 4) is 5.69 Å². The summed E-state index contributed by atoms with van der Waals surface area (Å²) in [6.07, 6.45) is 9.24. The fourth-order valence-corrected chi connectivity index (χ4v) is 6.80. The number of amides is 1. The molecule has 2 aliphatic carbocycles. The van der Waals surface area contributed by atoms with Crippen molar-refractivity contribution < 1.29 is 9.90 Å². The first-order chi connectivity index (χ1) is 17.0. The first-order valence-electron chi connectivity index (χ1n) is 13.3.